The molecular weight excluding hydrogens is 314 g/mol. The molecule has 2 aromatic rings. The second-order valence-electron chi connectivity index (χ2n) is 7.47. The molecule has 0 saturated carbocycles. The van der Waals surface area contributed by atoms with Gasteiger partial charge in [0.1, 0.15) is 5.65 Å². The number of imidazole rings is 1. The number of amides is 1. The van der Waals surface area contributed by atoms with Gasteiger partial charge in [-0.3, -0.25) is 4.79 Å². The van der Waals surface area contributed by atoms with E-state index in [0.29, 0.717) is 5.92 Å². The van der Waals surface area contributed by atoms with E-state index in [-0.39, 0.29) is 5.91 Å². The van der Waals surface area contributed by atoms with E-state index in [9.17, 15) is 4.79 Å². The normalized spacial score (nSPS) is 23.2. The van der Waals surface area contributed by atoms with Crippen molar-refractivity contribution >= 4 is 11.6 Å². The maximum Gasteiger partial charge on any atom is 0.255 e. The van der Waals surface area contributed by atoms with Gasteiger partial charge >= 0.3 is 0 Å². The summed E-state index contributed by atoms with van der Waals surface area (Å²) in [6.45, 7) is 7.49. The number of carbonyl (C=O) groups is 1. The van der Waals surface area contributed by atoms with E-state index in [0.717, 1.165) is 63.4 Å². The Hall–Kier alpha value is -1.92. The zero-order valence-corrected chi connectivity index (χ0v) is 15.0. The Morgan fingerprint density at radius 2 is 2.04 bits per heavy atom. The first-order valence-electron chi connectivity index (χ1n) is 9.32. The standard InChI is InChI=1S/C19H27N5O/c1-21-9-11-22(12-10-21)13-16-3-2-7-24(14-16)19(25)17-4-5-18-20-6-8-23(18)15-17/h4-6,8,15-16H,2-3,7,9-14H2,1H3/t16-/m1/s1. The lowest BCUT2D eigenvalue weighted by molar-refractivity contribution is 0.0609. The van der Waals surface area contributed by atoms with E-state index in [1.807, 2.05) is 33.8 Å². The van der Waals surface area contributed by atoms with Crippen LogP contribution in [0.4, 0.5) is 0 Å². The van der Waals surface area contributed by atoms with Crippen LogP contribution in [0.15, 0.2) is 30.7 Å². The molecule has 2 aromatic heterocycles. The lowest BCUT2D eigenvalue weighted by atomic mass is 9.96. The molecule has 2 saturated heterocycles. The van der Waals surface area contributed by atoms with Crippen LogP contribution in [0, 0.1) is 5.92 Å². The van der Waals surface area contributed by atoms with Crippen LogP contribution < -0.4 is 0 Å². The maximum absolute atomic E-state index is 12.9. The zero-order chi connectivity index (χ0) is 17.2. The Bertz CT molecular complexity index is 734. The fourth-order valence-corrected chi connectivity index (χ4v) is 4.02. The summed E-state index contributed by atoms with van der Waals surface area (Å²) in [5, 5.41) is 0. The van der Waals surface area contributed by atoms with Gasteiger partial charge in [0.15, 0.2) is 0 Å². The molecule has 0 N–H and O–H groups in total. The molecule has 2 aliphatic rings. The number of likely N-dealkylation sites (tertiary alicyclic amines) is 1. The highest BCUT2D eigenvalue weighted by Gasteiger charge is 2.27. The van der Waals surface area contributed by atoms with Gasteiger partial charge in [-0.25, -0.2) is 4.98 Å². The average Bonchev–Trinajstić information content (AvgIpc) is 3.11. The third kappa shape index (κ3) is 3.70. The fourth-order valence-electron chi connectivity index (χ4n) is 4.02. The van der Waals surface area contributed by atoms with Gasteiger partial charge < -0.3 is 19.1 Å². The van der Waals surface area contributed by atoms with Crippen molar-refractivity contribution in [3.8, 4) is 0 Å². The van der Waals surface area contributed by atoms with Crippen LogP contribution in [-0.2, 0) is 0 Å². The number of piperazine rings is 1. The summed E-state index contributed by atoms with van der Waals surface area (Å²) in [5.74, 6) is 0.747. The van der Waals surface area contributed by atoms with Crippen LogP contribution in [0.25, 0.3) is 5.65 Å². The van der Waals surface area contributed by atoms with Gasteiger partial charge in [-0.05, 0) is 37.9 Å². The van der Waals surface area contributed by atoms with Crippen molar-refractivity contribution in [1.29, 1.82) is 0 Å². The van der Waals surface area contributed by atoms with Gasteiger partial charge in [0, 0.05) is 64.4 Å². The Balaban J connectivity index is 1.39. The minimum absolute atomic E-state index is 0.152. The average molecular weight is 341 g/mol. The number of carbonyl (C=O) groups excluding carboxylic acids is 1. The largest absolute Gasteiger partial charge is 0.338 e. The van der Waals surface area contributed by atoms with Crippen LogP contribution in [0.3, 0.4) is 0 Å². The molecule has 0 bridgehead atoms. The SMILES string of the molecule is CN1CCN(C[C@H]2CCCN(C(=O)c3ccc4nccn4c3)C2)CC1. The second kappa shape index (κ2) is 7.14. The zero-order valence-electron chi connectivity index (χ0n) is 15.0. The van der Waals surface area contributed by atoms with Crippen molar-refractivity contribution in [2.75, 3.05) is 52.9 Å². The van der Waals surface area contributed by atoms with Crippen molar-refractivity contribution in [2.24, 2.45) is 5.92 Å². The molecule has 6 nitrogen and oxygen atoms in total. The molecule has 6 heteroatoms. The Morgan fingerprint density at radius 1 is 1.20 bits per heavy atom. The lowest BCUT2D eigenvalue weighted by Gasteiger charge is -2.38. The van der Waals surface area contributed by atoms with Crippen molar-refractivity contribution in [3.05, 3.63) is 36.3 Å². The van der Waals surface area contributed by atoms with Gasteiger partial charge in [0.05, 0.1) is 5.56 Å². The number of likely N-dealkylation sites (N-methyl/N-ethyl adjacent to an activating group) is 1. The van der Waals surface area contributed by atoms with Crippen molar-refractivity contribution < 1.29 is 4.79 Å². The van der Waals surface area contributed by atoms with Crippen molar-refractivity contribution in [2.45, 2.75) is 12.8 Å². The number of fused-ring (bicyclic) bond motifs is 1. The molecule has 0 radical (unpaired) electrons. The van der Waals surface area contributed by atoms with Crippen LogP contribution >= 0.6 is 0 Å². The first-order chi connectivity index (χ1) is 12.2. The van der Waals surface area contributed by atoms with E-state index in [1.165, 1.54) is 6.42 Å². The van der Waals surface area contributed by atoms with Crippen molar-refractivity contribution in [3.63, 3.8) is 0 Å². The molecule has 0 spiro atoms. The van der Waals surface area contributed by atoms with Gasteiger partial charge in [-0.1, -0.05) is 0 Å². The Labute approximate surface area is 149 Å². The summed E-state index contributed by atoms with van der Waals surface area (Å²) in [6, 6.07) is 3.81. The topological polar surface area (TPSA) is 44.1 Å². The summed E-state index contributed by atoms with van der Waals surface area (Å²) in [7, 11) is 2.19. The van der Waals surface area contributed by atoms with Gasteiger partial charge in [0.25, 0.3) is 5.91 Å². The smallest absolute Gasteiger partial charge is 0.255 e. The van der Waals surface area contributed by atoms with E-state index in [4.69, 9.17) is 0 Å². The number of rotatable bonds is 3. The predicted octanol–water partition coefficient (Wildman–Crippen LogP) is 1.43. The van der Waals surface area contributed by atoms with Crippen LogP contribution in [0.2, 0.25) is 0 Å². The number of hydrogen-bond acceptors (Lipinski definition) is 4. The van der Waals surface area contributed by atoms with Crippen LogP contribution in [0.5, 0.6) is 0 Å². The molecule has 2 aliphatic heterocycles. The molecule has 0 aromatic carbocycles. The first kappa shape index (κ1) is 16.5. The van der Waals surface area contributed by atoms with Gasteiger partial charge in [-0.2, -0.15) is 0 Å². The summed E-state index contributed by atoms with van der Waals surface area (Å²) in [6.07, 6.45) is 7.89. The molecule has 4 rings (SSSR count). The minimum atomic E-state index is 0.152. The maximum atomic E-state index is 12.9. The minimum Gasteiger partial charge on any atom is -0.338 e. The quantitative estimate of drug-likeness (QED) is 0.847. The number of pyridine rings is 1. The highest BCUT2D eigenvalue weighted by Crippen LogP contribution is 2.20. The van der Waals surface area contributed by atoms with Gasteiger partial charge in [0.2, 0.25) is 0 Å². The molecule has 0 unspecified atom stereocenters. The van der Waals surface area contributed by atoms with E-state index >= 15 is 0 Å². The third-order valence-corrected chi connectivity index (χ3v) is 5.55. The molecule has 134 valence electrons. The number of piperidine rings is 1. The van der Waals surface area contributed by atoms with Crippen molar-refractivity contribution in [1.82, 2.24) is 24.1 Å². The summed E-state index contributed by atoms with van der Waals surface area (Å²) in [5.41, 5.74) is 1.63. The van der Waals surface area contributed by atoms with Crippen LogP contribution in [-0.4, -0.2) is 82.9 Å². The van der Waals surface area contributed by atoms with Gasteiger partial charge in [-0.15, -0.1) is 0 Å². The summed E-state index contributed by atoms with van der Waals surface area (Å²) < 4.78 is 1.92. The second-order valence-corrected chi connectivity index (χ2v) is 7.47. The highest BCUT2D eigenvalue weighted by atomic mass is 16.2. The van der Waals surface area contributed by atoms with E-state index in [2.05, 4.69) is 21.8 Å². The van der Waals surface area contributed by atoms with E-state index < -0.39 is 0 Å². The number of hydrogen-bond donors (Lipinski definition) is 0. The predicted molar refractivity (Wildman–Crippen MR) is 97.8 cm³/mol. The molecule has 25 heavy (non-hydrogen) atoms. The Kier molecular flexibility index (Phi) is 4.72. The molecule has 0 aliphatic carbocycles. The molecule has 2 fully saturated rings. The fraction of sp³-hybridized carbons (Fsp3) is 0.579. The number of aromatic nitrogens is 2. The summed E-state index contributed by atoms with van der Waals surface area (Å²) >= 11 is 0. The molecule has 1 atom stereocenters. The summed E-state index contributed by atoms with van der Waals surface area (Å²) in [4.78, 5) is 24.2. The lowest BCUT2D eigenvalue weighted by Crippen LogP contribution is -2.49. The molecule has 4 heterocycles. The number of nitrogens with zero attached hydrogens (tertiary/aromatic N) is 5. The molecule has 1 amide bonds. The monoisotopic (exact) mass is 341 g/mol. The molecular formula is C19H27N5O. The van der Waals surface area contributed by atoms with E-state index in [1.54, 1.807) is 6.20 Å². The Morgan fingerprint density at radius 3 is 2.88 bits per heavy atom. The third-order valence-electron chi connectivity index (χ3n) is 5.55. The first-order valence-corrected chi connectivity index (χ1v) is 9.32. The van der Waals surface area contributed by atoms with Crippen LogP contribution in [0.1, 0.15) is 23.2 Å². The highest BCUT2D eigenvalue weighted by molar-refractivity contribution is 5.94.